The number of hydrogen-bond donors (Lipinski definition) is 1. The number of nitrogens with zero attached hydrogens (tertiary/aromatic N) is 2. The molecule has 19 heavy (non-hydrogen) atoms. The summed E-state index contributed by atoms with van der Waals surface area (Å²) in [6.45, 7) is 3.74. The first kappa shape index (κ1) is 13.0. The minimum absolute atomic E-state index is 0.232. The van der Waals surface area contributed by atoms with E-state index in [1.54, 1.807) is 6.92 Å². The number of rotatable bonds is 3. The Kier molecular flexibility index (Phi) is 3.75. The molecule has 98 valence electrons. The largest absolute Gasteiger partial charge is 0.467 e. The van der Waals surface area contributed by atoms with Crippen LogP contribution in [0.3, 0.4) is 0 Å². The van der Waals surface area contributed by atoms with E-state index in [2.05, 4.69) is 15.3 Å². The first-order chi connectivity index (χ1) is 9.10. The minimum Gasteiger partial charge on any atom is -0.467 e. The highest BCUT2D eigenvalue weighted by molar-refractivity contribution is 6.04. The van der Waals surface area contributed by atoms with Gasteiger partial charge >= 0.3 is 6.01 Å². The fourth-order valence-electron chi connectivity index (χ4n) is 1.60. The molecule has 0 radical (unpaired) electrons. The molecule has 2 aromatic rings. The number of anilines is 1. The van der Waals surface area contributed by atoms with E-state index in [1.165, 1.54) is 13.3 Å². The Hall–Kier alpha value is -2.43. The molecule has 0 aliphatic rings. The molecule has 0 fully saturated rings. The summed E-state index contributed by atoms with van der Waals surface area (Å²) in [6, 6.07) is 7.84. The predicted octanol–water partition coefficient (Wildman–Crippen LogP) is 2.35. The van der Waals surface area contributed by atoms with Crippen LogP contribution in [0, 0.1) is 13.8 Å². The summed E-state index contributed by atoms with van der Waals surface area (Å²) in [5.41, 5.74) is 2.89. The van der Waals surface area contributed by atoms with Crippen molar-refractivity contribution in [3.63, 3.8) is 0 Å². The van der Waals surface area contributed by atoms with Crippen molar-refractivity contribution in [2.45, 2.75) is 13.8 Å². The van der Waals surface area contributed by atoms with Gasteiger partial charge in [0.2, 0.25) is 0 Å². The molecule has 0 aliphatic heterocycles. The first-order valence-electron chi connectivity index (χ1n) is 5.86. The van der Waals surface area contributed by atoms with Gasteiger partial charge in [0, 0.05) is 11.9 Å². The second kappa shape index (κ2) is 5.48. The van der Waals surface area contributed by atoms with E-state index < -0.39 is 0 Å². The second-order valence-electron chi connectivity index (χ2n) is 4.18. The van der Waals surface area contributed by atoms with Gasteiger partial charge < -0.3 is 10.1 Å². The van der Waals surface area contributed by atoms with E-state index >= 15 is 0 Å². The molecule has 5 heteroatoms. The maximum absolute atomic E-state index is 12.1. The number of carbonyl (C=O) groups is 1. The molecule has 1 N–H and O–H groups in total. The number of carbonyl (C=O) groups excluding carboxylic acids is 1. The van der Waals surface area contributed by atoms with Crippen molar-refractivity contribution >= 4 is 11.6 Å². The Morgan fingerprint density at radius 2 is 1.89 bits per heavy atom. The van der Waals surface area contributed by atoms with E-state index in [0.29, 0.717) is 11.3 Å². The van der Waals surface area contributed by atoms with Crippen LogP contribution < -0.4 is 10.1 Å². The number of hydrogen-bond acceptors (Lipinski definition) is 4. The van der Waals surface area contributed by atoms with Crippen molar-refractivity contribution in [3.05, 3.63) is 47.3 Å². The van der Waals surface area contributed by atoms with Gasteiger partial charge in [-0.2, -0.15) is 4.98 Å². The molecule has 2 rings (SSSR count). The van der Waals surface area contributed by atoms with Crippen molar-refractivity contribution in [3.8, 4) is 6.01 Å². The number of aromatic nitrogens is 2. The van der Waals surface area contributed by atoms with Crippen molar-refractivity contribution in [1.82, 2.24) is 9.97 Å². The van der Waals surface area contributed by atoms with Crippen molar-refractivity contribution in [1.29, 1.82) is 0 Å². The lowest BCUT2D eigenvalue weighted by Gasteiger charge is -2.07. The molecular weight excluding hydrogens is 242 g/mol. The number of amides is 1. The Morgan fingerprint density at radius 3 is 2.47 bits per heavy atom. The monoisotopic (exact) mass is 257 g/mol. The van der Waals surface area contributed by atoms with E-state index in [-0.39, 0.29) is 11.9 Å². The lowest BCUT2D eigenvalue weighted by atomic mass is 10.2. The molecule has 1 aromatic carbocycles. The predicted molar refractivity (Wildman–Crippen MR) is 72.5 cm³/mol. The Morgan fingerprint density at radius 1 is 1.21 bits per heavy atom. The first-order valence-corrected chi connectivity index (χ1v) is 5.86. The normalized spacial score (nSPS) is 10.1. The van der Waals surface area contributed by atoms with Gasteiger partial charge in [0.25, 0.3) is 5.91 Å². The Balaban J connectivity index is 2.18. The van der Waals surface area contributed by atoms with Crippen LogP contribution in [0.25, 0.3) is 0 Å². The van der Waals surface area contributed by atoms with Crippen LogP contribution in [0.4, 0.5) is 5.69 Å². The highest BCUT2D eigenvalue weighted by Gasteiger charge is 2.12. The molecule has 1 aromatic heterocycles. The third-order valence-electron chi connectivity index (χ3n) is 2.69. The van der Waals surface area contributed by atoms with Gasteiger partial charge in [0.1, 0.15) is 0 Å². The molecule has 0 spiro atoms. The fraction of sp³-hybridized carbons (Fsp3) is 0.214. The highest BCUT2D eigenvalue weighted by atomic mass is 16.5. The second-order valence-corrected chi connectivity index (χ2v) is 4.18. The summed E-state index contributed by atoms with van der Waals surface area (Å²) in [5.74, 6) is -0.232. The van der Waals surface area contributed by atoms with Crippen molar-refractivity contribution in [2.75, 3.05) is 12.4 Å². The summed E-state index contributed by atoms with van der Waals surface area (Å²) in [7, 11) is 1.49. The van der Waals surface area contributed by atoms with Gasteiger partial charge in [-0.3, -0.25) is 4.79 Å². The molecular formula is C14H15N3O2. The van der Waals surface area contributed by atoms with E-state index in [0.717, 1.165) is 11.3 Å². The highest BCUT2D eigenvalue weighted by Crippen LogP contribution is 2.13. The number of aryl methyl sites for hydroxylation is 2. The fourth-order valence-corrected chi connectivity index (χ4v) is 1.60. The number of benzene rings is 1. The third kappa shape index (κ3) is 3.07. The topological polar surface area (TPSA) is 64.1 Å². The Bertz CT molecular complexity index is 594. The summed E-state index contributed by atoms with van der Waals surface area (Å²) in [5, 5.41) is 2.80. The SMILES string of the molecule is COc1ncc(C(=O)Nc2ccc(C)cc2)c(C)n1. The zero-order chi connectivity index (χ0) is 13.8. The van der Waals surface area contributed by atoms with Gasteiger partial charge in [-0.25, -0.2) is 4.98 Å². The Labute approximate surface area is 111 Å². The molecule has 1 amide bonds. The van der Waals surface area contributed by atoms with Crippen LogP contribution >= 0.6 is 0 Å². The van der Waals surface area contributed by atoms with Gasteiger partial charge in [0.15, 0.2) is 0 Å². The average molecular weight is 257 g/mol. The van der Waals surface area contributed by atoms with Gasteiger partial charge in [0.05, 0.1) is 18.4 Å². The van der Waals surface area contributed by atoms with Gasteiger partial charge in [-0.05, 0) is 26.0 Å². The summed E-state index contributed by atoms with van der Waals surface area (Å²) < 4.78 is 4.91. The van der Waals surface area contributed by atoms with Crippen molar-refractivity contribution in [2.24, 2.45) is 0 Å². The zero-order valence-electron chi connectivity index (χ0n) is 11.1. The molecule has 5 nitrogen and oxygen atoms in total. The van der Waals surface area contributed by atoms with E-state index in [4.69, 9.17) is 4.74 Å². The van der Waals surface area contributed by atoms with E-state index in [9.17, 15) is 4.79 Å². The summed E-state index contributed by atoms with van der Waals surface area (Å²) in [4.78, 5) is 20.1. The van der Waals surface area contributed by atoms with E-state index in [1.807, 2.05) is 31.2 Å². The lowest BCUT2D eigenvalue weighted by Crippen LogP contribution is -2.15. The van der Waals surface area contributed by atoms with Crippen LogP contribution in [0.15, 0.2) is 30.5 Å². The van der Waals surface area contributed by atoms with Crippen LogP contribution in [0.5, 0.6) is 6.01 Å². The molecule has 0 atom stereocenters. The van der Waals surface area contributed by atoms with Crippen LogP contribution in [-0.2, 0) is 0 Å². The third-order valence-corrected chi connectivity index (χ3v) is 2.69. The molecule has 0 saturated carbocycles. The number of ether oxygens (including phenoxy) is 1. The maximum Gasteiger partial charge on any atom is 0.316 e. The molecule has 0 bridgehead atoms. The standard InChI is InChI=1S/C14H15N3O2/c1-9-4-6-11(7-5-9)17-13(18)12-8-15-14(19-3)16-10(12)2/h4-8H,1-3H3,(H,17,18). The van der Waals surface area contributed by atoms with Crippen LogP contribution in [-0.4, -0.2) is 23.0 Å². The van der Waals surface area contributed by atoms with Gasteiger partial charge in [-0.1, -0.05) is 17.7 Å². The van der Waals surface area contributed by atoms with Crippen LogP contribution in [0.1, 0.15) is 21.6 Å². The summed E-state index contributed by atoms with van der Waals surface area (Å²) >= 11 is 0. The quantitative estimate of drug-likeness (QED) is 0.916. The minimum atomic E-state index is -0.232. The maximum atomic E-state index is 12.1. The van der Waals surface area contributed by atoms with Crippen LogP contribution in [0.2, 0.25) is 0 Å². The molecule has 1 heterocycles. The smallest absolute Gasteiger partial charge is 0.316 e. The molecule has 0 saturated heterocycles. The zero-order valence-corrected chi connectivity index (χ0v) is 11.1. The van der Waals surface area contributed by atoms with Gasteiger partial charge in [-0.15, -0.1) is 0 Å². The number of methoxy groups -OCH3 is 1. The average Bonchev–Trinajstić information content (AvgIpc) is 2.41. The lowest BCUT2D eigenvalue weighted by molar-refractivity contribution is 0.102. The molecule has 0 aliphatic carbocycles. The van der Waals surface area contributed by atoms with Crippen molar-refractivity contribution < 1.29 is 9.53 Å². The summed E-state index contributed by atoms with van der Waals surface area (Å²) in [6.07, 6.45) is 1.46. The molecule has 0 unspecified atom stereocenters. The number of nitrogens with one attached hydrogen (secondary N) is 1.